The van der Waals surface area contributed by atoms with Crippen molar-refractivity contribution in [2.45, 2.75) is 65.1 Å². The van der Waals surface area contributed by atoms with E-state index in [0.717, 1.165) is 42.6 Å². The third-order valence-corrected chi connectivity index (χ3v) is 8.55. The number of thioether (sulfide) groups is 1. The fourth-order valence-electron chi connectivity index (χ4n) is 6.36. The minimum absolute atomic E-state index is 0.0967. The molecule has 2 bridgehead atoms. The Labute approximate surface area is 205 Å². The Kier molecular flexibility index (Phi) is 5.63. The number of rotatable bonds is 4. The van der Waals surface area contributed by atoms with Gasteiger partial charge in [0.1, 0.15) is 0 Å². The Bertz CT molecular complexity index is 1350. The standard InChI is InChI=1S/C28H33N3O2S/c1-18-9-8-12-23(19(18)2)31-25(33)21-10-6-7-11-22(21)29-26(31)34-15-24(32)30-17-28(5)14-20(30)13-27(3,4)16-28/h6-12,20H,13-17H2,1-5H3. The number of para-hydroxylation sites is 1. The molecule has 34 heavy (non-hydrogen) atoms. The lowest BCUT2D eigenvalue weighted by atomic mass is 9.65. The van der Waals surface area contributed by atoms with Crippen LogP contribution in [-0.4, -0.2) is 38.7 Å². The topological polar surface area (TPSA) is 55.2 Å². The van der Waals surface area contributed by atoms with Crippen molar-refractivity contribution in [1.82, 2.24) is 14.5 Å². The molecule has 1 aliphatic heterocycles. The van der Waals surface area contributed by atoms with Crippen molar-refractivity contribution in [2.24, 2.45) is 10.8 Å². The van der Waals surface area contributed by atoms with E-state index >= 15 is 0 Å². The summed E-state index contributed by atoms with van der Waals surface area (Å²) in [6.45, 7) is 11.9. The van der Waals surface area contributed by atoms with Gasteiger partial charge in [-0.15, -0.1) is 0 Å². The van der Waals surface area contributed by atoms with Crippen LogP contribution >= 0.6 is 11.8 Å². The molecule has 2 atom stereocenters. The maximum absolute atomic E-state index is 13.6. The molecule has 0 radical (unpaired) electrons. The smallest absolute Gasteiger partial charge is 0.266 e. The molecule has 5 rings (SSSR count). The number of aryl methyl sites for hydroxylation is 1. The first-order chi connectivity index (χ1) is 16.1. The molecule has 5 nitrogen and oxygen atoms in total. The van der Waals surface area contributed by atoms with Crippen LogP contribution in [-0.2, 0) is 4.79 Å². The first kappa shape index (κ1) is 23.2. The average Bonchev–Trinajstić information content (AvgIpc) is 3.03. The van der Waals surface area contributed by atoms with E-state index in [4.69, 9.17) is 4.98 Å². The van der Waals surface area contributed by atoms with Gasteiger partial charge >= 0.3 is 0 Å². The van der Waals surface area contributed by atoms with Crippen molar-refractivity contribution in [1.29, 1.82) is 0 Å². The predicted molar refractivity (Wildman–Crippen MR) is 139 cm³/mol. The van der Waals surface area contributed by atoms with Crippen LogP contribution in [0.2, 0.25) is 0 Å². The van der Waals surface area contributed by atoms with Crippen LogP contribution in [0.15, 0.2) is 52.4 Å². The van der Waals surface area contributed by atoms with Gasteiger partial charge in [-0.3, -0.25) is 14.2 Å². The molecule has 0 spiro atoms. The zero-order valence-electron chi connectivity index (χ0n) is 20.7. The number of nitrogens with zero attached hydrogens (tertiary/aromatic N) is 3. The minimum atomic E-state index is -0.0967. The monoisotopic (exact) mass is 475 g/mol. The van der Waals surface area contributed by atoms with E-state index in [2.05, 4.69) is 25.7 Å². The van der Waals surface area contributed by atoms with Crippen LogP contribution in [0.3, 0.4) is 0 Å². The summed E-state index contributed by atoms with van der Waals surface area (Å²) in [5.41, 5.74) is 4.01. The number of carbonyl (C=O) groups excluding carboxylic acids is 1. The molecular formula is C28H33N3O2S. The van der Waals surface area contributed by atoms with E-state index in [-0.39, 0.29) is 28.0 Å². The first-order valence-electron chi connectivity index (χ1n) is 12.1. The second-order valence-corrected chi connectivity index (χ2v) is 12.2. The number of hydrogen-bond donors (Lipinski definition) is 0. The average molecular weight is 476 g/mol. The lowest BCUT2D eigenvalue weighted by molar-refractivity contribution is -0.129. The van der Waals surface area contributed by atoms with Gasteiger partial charge in [0.2, 0.25) is 5.91 Å². The van der Waals surface area contributed by atoms with E-state index in [1.807, 2.05) is 56.3 Å². The third kappa shape index (κ3) is 4.06. The highest BCUT2D eigenvalue weighted by Gasteiger charge is 2.50. The highest BCUT2D eigenvalue weighted by atomic mass is 32.2. The molecule has 1 aliphatic carbocycles. The molecule has 1 aromatic heterocycles. The first-order valence-corrected chi connectivity index (χ1v) is 13.1. The molecule has 0 N–H and O–H groups in total. The van der Waals surface area contributed by atoms with Crippen LogP contribution in [0.25, 0.3) is 16.6 Å². The van der Waals surface area contributed by atoms with Gasteiger partial charge in [-0.1, -0.05) is 56.8 Å². The maximum Gasteiger partial charge on any atom is 0.266 e. The number of carbonyl (C=O) groups is 1. The molecule has 1 amide bonds. The predicted octanol–water partition coefficient (Wildman–Crippen LogP) is 5.52. The summed E-state index contributed by atoms with van der Waals surface area (Å²) in [5, 5.41) is 1.15. The molecular weight excluding hydrogens is 442 g/mol. The van der Waals surface area contributed by atoms with Gasteiger partial charge in [0.15, 0.2) is 5.16 Å². The van der Waals surface area contributed by atoms with Crippen LogP contribution in [0.1, 0.15) is 51.2 Å². The van der Waals surface area contributed by atoms with Crippen molar-refractivity contribution in [3.63, 3.8) is 0 Å². The van der Waals surface area contributed by atoms with Gasteiger partial charge < -0.3 is 4.90 Å². The van der Waals surface area contributed by atoms with Crippen molar-refractivity contribution >= 4 is 28.6 Å². The fourth-order valence-corrected chi connectivity index (χ4v) is 7.25. The summed E-state index contributed by atoms with van der Waals surface area (Å²) in [7, 11) is 0. The molecule has 2 fully saturated rings. The van der Waals surface area contributed by atoms with Crippen LogP contribution in [0.5, 0.6) is 0 Å². The van der Waals surface area contributed by atoms with Crippen LogP contribution in [0, 0.1) is 24.7 Å². The second kappa shape index (κ2) is 8.26. The lowest BCUT2D eigenvalue weighted by Crippen LogP contribution is -2.38. The van der Waals surface area contributed by atoms with Gasteiger partial charge in [-0.25, -0.2) is 4.98 Å². The number of fused-ring (bicyclic) bond motifs is 3. The largest absolute Gasteiger partial charge is 0.338 e. The van der Waals surface area contributed by atoms with E-state index < -0.39 is 0 Å². The Balaban J connectivity index is 1.49. The van der Waals surface area contributed by atoms with Gasteiger partial charge in [-0.2, -0.15) is 0 Å². The third-order valence-electron chi connectivity index (χ3n) is 7.62. The Morgan fingerprint density at radius 3 is 2.65 bits per heavy atom. The van der Waals surface area contributed by atoms with Crippen molar-refractivity contribution in [2.75, 3.05) is 12.3 Å². The summed E-state index contributed by atoms with van der Waals surface area (Å²) in [4.78, 5) is 34.0. The summed E-state index contributed by atoms with van der Waals surface area (Å²) in [6, 6.07) is 13.7. The van der Waals surface area contributed by atoms with Gasteiger partial charge in [0, 0.05) is 12.6 Å². The van der Waals surface area contributed by atoms with Crippen molar-refractivity contribution < 1.29 is 4.79 Å². The normalized spacial score (nSPS) is 23.4. The molecule has 2 aliphatic rings. The number of aromatic nitrogens is 2. The summed E-state index contributed by atoms with van der Waals surface area (Å²) < 4.78 is 1.69. The Hall–Kier alpha value is -2.60. The molecule has 3 aromatic rings. The van der Waals surface area contributed by atoms with Gasteiger partial charge in [0.25, 0.3) is 5.56 Å². The van der Waals surface area contributed by atoms with Crippen molar-refractivity contribution in [3.05, 3.63) is 63.9 Å². The number of likely N-dealkylation sites (tertiary alicyclic amines) is 1. The summed E-state index contributed by atoms with van der Waals surface area (Å²) in [6.07, 6.45) is 3.31. The van der Waals surface area contributed by atoms with Crippen molar-refractivity contribution in [3.8, 4) is 5.69 Å². The molecule has 6 heteroatoms. The SMILES string of the molecule is Cc1cccc(-n2c(SCC(=O)N3CC4(C)CC3CC(C)(C)C4)nc3ccccc3c2=O)c1C. The highest BCUT2D eigenvalue weighted by Crippen LogP contribution is 2.52. The van der Waals surface area contributed by atoms with Crippen LogP contribution in [0.4, 0.5) is 0 Å². The van der Waals surface area contributed by atoms with E-state index in [1.54, 1.807) is 4.57 Å². The van der Waals surface area contributed by atoms with E-state index in [9.17, 15) is 9.59 Å². The molecule has 178 valence electrons. The molecule has 2 unspecified atom stereocenters. The summed E-state index contributed by atoms with van der Waals surface area (Å²) >= 11 is 1.37. The highest BCUT2D eigenvalue weighted by molar-refractivity contribution is 7.99. The molecule has 2 heterocycles. The molecule has 1 saturated heterocycles. The van der Waals surface area contributed by atoms with Gasteiger partial charge in [0.05, 0.1) is 22.3 Å². The second-order valence-electron chi connectivity index (χ2n) is 11.3. The van der Waals surface area contributed by atoms with E-state index in [1.165, 1.54) is 11.8 Å². The minimum Gasteiger partial charge on any atom is -0.338 e. The fraction of sp³-hybridized carbons (Fsp3) is 0.464. The van der Waals surface area contributed by atoms with Gasteiger partial charge in [-0.05, 0) is 73.3 Å². The number of benzene rings is 2. The zero-order valence-corrected chi connectivity index (χ0v) is 21.5. The quantitative estimate of drug-likeness (QED) is 0.368. The van der Waals surface area contributed by atoms with E-state index in [0.29, 0.717) is 22.1 Å². The van der Waals surface area contributed by atoms with Crippen LogP contribution < -0.4 is 5.56 Å². The number of hydrogen-bond acceptors (Lipinski definition) is 4. The lowest BCUT2D eigenvalue weighted by Gasteiger charge is -2.39. The summed E-state index contributed by atoms with van der Waals surface area (Å²) in [5.74, 6) is 0.425. The Morgan fingerprint density at radius 1 is 1.09 bits per heavy atom. The maximum atomic E-state index is 13.6. The molecule has 2 aromatic carbocycles. The molecule has 1 saturated carbocycles. The number of amides is 1. The zero-order chi connectivity index (χ0) is 24.3. The Morgan fingerprint density at radius 2 is 1.85 bits per heavy atom.